The Kier molecular flexibility index (Phi) is 19.0. The third-order valence-electron chi connectivity index (χ3n) is 12.2. The van der Waals surface area contributed by atoms with Gasteiger partial charge in [0.1, 0.15) is 30.2 Å². The standard InChI is InChI=1S/C57H56N6O12S/c1-34(64)74-49-50(75-35(2)65)56(71)62-47(33-43-19-12-28-76-43)54(69)61-45(30-38-20-24-41(25-21-38)40-17-10-5-11-18-40)52(67)59-44(29-36-13-6-3-7-14-36)51(66)60-46(31-39-22-26-42(27-23-39)58-55(49)70)53(68)63-48(57(72)73)32-37-15-8-4-9-16-37/h3-28,44-50H,29-33H2,1-2H3,(H,58,70)(H,59,67)(H,60,66)(H,61,69)(H,62,71)(H,63,68)(H,72,73)/t44-,45+,46-,47-,48?,49+,50?/m0/s1. The van der Waals surface area contributed by atoms with Crippen molar-refractivity contribution in [3.63, 3.8) is 0 Å². The second kappa shape index (κ2) is 26.3. The summed E-state index contributed by atoms with van der Waals surface area (Å²) in [6.07, 6.45) is -4.96. The zero-order valence-corrected chi connectivity index (χ0v) is 42.3. The highest BCUT2D eigenvalue weighted by molar-refractivity contribution is 7.09. The van der Waals surface area contributed by atoms with Crippen LogP contribution in [0.3, 0.4) is 0 Å². The van der Waals surface area contributed by atoms with Crippen molar-refractivity contribution in [3.8, 4) is 11.1 Å². The molecule has 3 heterocycles. The molecule has 8 rings (SSSR count). The molecular formula is C57H56N6O12S. The van der Waals surface area contributed by atoms with Crippen LogP contribution in [-0.2, 0) is 84.7 Å². The van der Waals surface area contributed by atoms with Crippen molar-refractivity contribution < 1.29 is 57.7 Å². The number of fused-ring (bicyclic) bond motifs is 18. The van der Waals surface area contributed by atoms with E-state index in [4.69, 9.17) is 9.47 Å². The molecule has 76 heavy (non-hydrogen) atoms. The summed E-state index contributed by atoms with van der Waals surface area (Å²) in [7, 11) is 0. The Balaban J connectivity index is 1.31. The van der Waals surface area contributed by atoms with Crippen molar-refractivity contribution in [2.45, 2.75) is 88.4 Å². The second-order valence-corrected chi connectivity index (χ2v) is 19.1. The van der Waals surface area contributed by atoms with E-state index >= 15 is 0 Å². The molecule has 2 aliphatic heterocycles. The number of nitrogens with one attached hydrogen (secondary N) is 6. The van der Waals surface area contributed by atoms with E-state index in [1.165, 1.54) is 35.6 Å². The number of amides is 6. The first kappa shape index (κ1) is 54.8. The lowest BCUT2D eigenvalue weighted by Gasteiger charge is -2.28. The molecule has 0 spiro atoms. The van der Waals surface area contributed by atoms with Crippen LogP contribution in [0.25, 0.3) is 11.1 Å². The van der Waals surface area contributed by atoms with Crippen molar-refractivity contribution in [2.75, 3.05) is 5.32 Å². The largest absolute Gasteiger partial charge is 0.480 e. The fourth-order valence-electron chi connectivity index (χ4n) is 8.45. The smallest absolute Gasteiger partial charge is 0.326 e. The van der Waals surface area contributed by atoms with Crippen LogP contribution in [0.1, 0.15) is 41.0 Å². The number of rotatable bonds is 14. The molecule has 0 saturated carbocycles. The van der Waals surface area contributed by atoms with E-state index in [2.05, 4.69) is 31.9 Å². The highest BCUT2D eigenvalue weighted by atomic mass is 32.1. The van der Waals surface area contributed by atoms with Crippen molar-refractivity contribution in [2.24, 2.45) is 0 Å². The monoisotopic (exact) mass is 1050 g/mol. The number of hydrogen-bond donors (Lipinski definition) is 7. The SMILES string of the molecule is CC(=O)OC1C(=O)N[C@@H](Cc2cccs2)C(=O)N[C@H](Cc2ccc(-c3ccccc3)cc2)C(=O)N[C@@H](Cc2ccccc2)C(=O)N[C@H](C(=O)NC(Cc2ccccc2)C(=O)O)Cc2ccc(cc2)NC(=O)[C@@H]1OC(C)=O. The average Bonchev–Trinajstić information content (AvgIpc) is 3.93. The predicted octanol–water partition coefficient (Wildman–Crippen LogP) is 4.25. The molecule has 0 radical (unpaired) electrons. The summed E-state index contributed by atoms with van der Waals surface area (Å²) in [4.78, 5) is 126. The summed E-state index contributed by atoms with van der Waals surface area (Å²) in [6, 6.07) is 36.2. The van der Waals surface area contributed by atoms with Gasteiger partial charge >= 0.3 is 17.9 Å². The number of thiophene rings is 1. The molecule has 0 saturated heterocycles. The molecule has 7 N–H and O–H groups in total. The second-order valence-electron chi connectivity index (χ2n) is 18.0. The minimum atomic E-state index is -2.14. The highest BCUT2D eigenvalue weighted by Crippen LogP contribution is 2.22. The van der Waals surface area contributed by atoms with E-state index in [1.54, 1.807) is 90.3 Å². The van der Waals surface area contributed by atoms with Crippen molar-refractivity contribution >= 4 is 70.4 Å². The number of hydrogen-bond acceptors (Lipinski definition) is 12. The summed E-state index contributed by atoms with van der Waals surface area (Å²) in [5.74, 6) is -9.09. The number of anilines is 1. The Morgan fingerprint density at radius 2 is 1.04 bits per heavy atom. The van der Waals surface area contributed by atoms with E-state index < -0.39 is 95.8 Å². The van der Waals surface area contributed by atoms with Gasteiger partial charge in [-0.25, -0.2) is 4.79 Å². The van der Waals surface area contributed by atoms with Crippen LogP contribution in [0.4, 0.5) is 5.69 Å². The van der Waals surface area contributed by atoms with E-state index in [1.807, 2.05) is 42.5 Å². The molecule has 2 unspecified atom stereocenters. The fourth-order valence-corrected chi connectivity index (χ4v) is 9.20. The molecule has 18 nitrogen and oxygen atoms in total. The number of benzene rings is 5. The van der Waals surface area contributed by atoms with Crippen molar-refractivity contribution in [3.05, 3.63) is 184 Å². The van der Waals surface area contributed by atoms with Crippen LogP contribution < -0.4 is 31.9 Å². The van der Waals surface area contributed by atoms with Crippen molar-refractivity contribution in [1.82, 2.24) is 26.6 Å². The Hall–Kier alpha value is -8.97. The van der Waals surface area contributed by atoms with Gasteiger partial charge in [-0.3, -0.25) is 38.4 Å². The lowest BCUT2D eigenvalue weighted by Crippen LogP contribution is -2.61. The molecule has 0 fully saturated rings. The minimum Gasteiger partial charge on any atom is -0.480 e. The normalized spacial score (nSPS) is 19.9. The molecule has 0 aliphatic carbocycles. The lowest BCUT2D eigenvalue weighted by atomic mass is 9.98. The topological polar surface area (TPSA) is 264 Å². The van der Waals surface area contributed by atoms with Gasteiger partial charge in [-0.05, 0) is 57.0 Å². The summed E-state index contributed by atoms with van der Waals surface area (Å²) >= 11 is 1.26. The van der Waals surface area contributed by atoms with Gasteiger partial charge in [0.15, 0.2) is 0 Å². The average molecular weight is 1050 g/mol. The lowest BCUT2D eigenvalue weighted by molar-refractivity contribution is -0.173. The van der Waals surface area contributed by atoms with Gasteiger partial charge in [0, 0.05) is 56.5 Å². The first-order chi connectivity index (χ1) is 36.6. The molecule has 6 aromatic rings. The maximum Gasteiger partial charge on any atom is 0.326 e. The number of esters is 2. The van der Waals surface area contributed by atoms with E-state index in [-0.39, 0.29) is 37.8 Å². The maximum atomic E-state index is 15.0. The summed E-state index contributed by atoms with van der Waals surface area (Å²) in [5, 5.41) is 28.1. The molecule has 5 aromatic carbocycles. The molecular weight excluding hydrogens is 993 g/mol. The van der Waals surface area contributed by atoms with Gasteiger partial charge in [-0.15, -0.1) is 11.3 Å². The number of carboxylic acid groups (broad SMARTS) is 1. The molecule has 392 valence electrons. The van der Waals surface area contributed by atoms with Crippen LogP contribution in [-0.4, -0.2) is 101 Å². The molecule has 2 bridgehead atoms. The zero-order valence-electron chi connectivity index (χ0n) is 41.4. The highest BCUT2D eigenvalue weighted by Gasteiger charge is 2.42. The Morgan fingerprint density at radius 3 is 1.58 bits per heavy atom. The zero-order chi connectivity index (χ0) is 54.1. The van der Waals surface area contributed by atoms with Crippen LogP contribution in [0.5, 0.6) is 0 Å². The van der Waals surface area contributed by atoms with Crippen LogP contribution in [0, 0.1) is 0 Å². The summed E-state index contributed by atoms with van der Waals surface area (Å²) in [5.41, 5.74) is 4.13. The Morgan fingerprint density at radius 1 is 0.553 bits per heavy atom. The molecule has 2 aliphatic rings. The third-order valence-corrected chi connectivity index (χ3v) is 13.1. The van der Waals surface area contributed by atoms with Gasteiger partial charge in [-0.2, -0.15) is 0 Å². The molecule has 1 aromatic heterocycles. The Labute approximate surface area is 442 Å². The first-order valence-corrected chi connectivity index (χ1v) is 25.2. The van der Waals surface area contributed by atoms with E-state index in [0.717, 1.165) is 25.0 Å². The Bertz CT molecular complexity index is 3000. The number of aliphatic carboxylic acids is 1. The quantitative estimate of drug-likeness (QED) is 0.0597. The fraction of sp³-hybridized carbons (Fsp3) is 0.246. The summed E-state index contributed by atoms with van der Waals surface area (Å²) in [6.45, 7) is 1.96. The van der Waals surface area contributed by atoms with Crippen molar-refractivity contribution in [1.29, 1.82) is 0 Å². The van der Waals surface area contributed by atoms with Gasteiger partial charge < -0.3 is 46.5 Å². The third kappa shape index (κ3) is 15.8. The van der Waals surface area contributed by atoms with Crippen LogP contribution in [0.2, 0.25) is 0 Å². The molecule has 7 atom stereocenters. The van der Waals surface area contributed by atoms with Crippen LogP contribution >= 0.6 is 11.3 Å². The minimum absolute atomic E-state index is 0.0896. The van der Waals surface area contributed by atoms with Crippen LogP contribution in [0.15, 0.2) is 157 Å². The maximum absolute atomic E-state index is 15.0. The van der Waals surface area contributed by atoms with Gasteiger partial charge in [-0.1, -0.05) is 133 Å². The number of carbonyl (C=O) groups excluding carboxylic acids is 8. The molecule has 6 amide bonds. The van der Waals surface area contributed by atoms with Gasteiger partial charge in [0.25, 0.3) is 11.8 Å². The van der Waals surface area contributed by atoms with E-state index in [9.17, 15) is 48.3 Å². The summed E-state index contributed by atoms with van der Waals surface area (Å²) < 4.78 is 10.7. The van der Waals surface area contributed by atoms with Gasteiger partial charge in [0.2, 0.25) is 35.8 Å². The number of ether oxygens (including phenoxy) is 2. The number of carboxylic acids is 1. The van der Waals surface area contributed by atoms with E-state index in [0.29, 0.717) is 27.1 Å². The number of carbonyl (C=O) groups is 9. The molecule has 19 heteroatoms. The predicted molar refractivity (Wildman–Crippen MR) is 281 cm³/mol. The van der Waals surface area contributed by atoms with Gasteiger partial charge in [0.05, 0.1) is 0 Å². The first-order valence-electron chi connectivity index (χ1n) is 24.3.